The molecule has 3 rings (SSSR count). The molecule has 126 valence electrons. The van der Waals surface area contributed by atoms with E-state index in [1.807, 2.05) is 49.5 Å². The van der Waals surface area contributed by atoms with Crippen LogP contribution < -0.4 is 5.32 Å². The lowest BCUT2D eigenvalue weighted by Crippen LogP contribution is -2.30. The molecule has 25 heavy (non-hydrogen) atoms. The van der Waals surface area contributed by atoms with Crippen LogP contribution in [0.4, 0.5) is 0 Å². The monoisotopic (exact) mass is 330 g/mol. The Morgan fingerprint density at radius 1 is 0.960 bits per heavy atom. The number of aromatic nitrogens is 1. The first-order valence-corrected chi connectivity index (χ1v) is 8.39. The van der Waals surface area contributed by atoms with E-state index in [0.29, 0.717) is 5.56 Å². The van der Waals surface area contributed by atoms with Gasteiger partial charge in [0, 0.05) is 18.0 Å². The topological polar surface area (TPSA) is 42.0 Å². The van der Waals surface area contributed by atoms with E-state index in [9.17, 15) is 4.79 Å². The Labute approximate surface area is 148 Å². The van der Waals surface area contributed by atoms with Crippen LogP contribution in [0.2, 0.25) is 0 Å². The van der Waals surface area contributed by atoms with Gasteiger partial charge in [-0.1, -0.05) is 47.5 Å². The number of hydrogen-bond acceptors (Lipinski definition) is 2. The standard InChI is InChI=1S/C22H22N2O/c1-15-6-4-7-18(12-15)22(25)24-21(19-8-5-11-23-14-19)20-13-16(2)9-10-17(20)3/h4-14,21H,1-3H3,(H,24,25). The van der Waals surface area contributed by atoms with Crippen LogP contribution in [-0.2, 0) is 0 Å². The zero-order valence-electron chi connectivity index (χ0n) is 14.8. The molecule has 1 N–H and O–H groups in total. The van der Waals surface area contributed by atoms with Crippen molar-refractivity contribution in [2.45, 2.75) is 26.8 Å². The summed E-state index contributed by atoms with van der Waals surface area (Å²) in [6, 6.07) is 17.6. The molecular formula is C22H22N2O. The van der Waals surface area contributed by atoms with Gasteiger partial charge in [0.2, 0.25) is 0 Å². The van der Waals surface area contributed by atoms with Gasteiger partial charge in [0.25, 0.3) is 5.91 Å². The molecule has 1 heterocycles. The van der Waals surface area contributed by atoms with Crippen molar-refractivity contribution in [2.75, 3.05) is 0 Å². The molecule has 1 unspecified atom stereocenters. The minimum atomic E-state index is -0.235. The van der Waals surface area contributed by atoms with E-state index in [4.69, 9.17) is 0 Å². The average molecular weight is 330 g/mol. The summed E-state index contributed by atoms with van der Waals surface area (Å²) in [5.41, 5.74) is 6.10. The lowest BCUT2D eigenvalue weighted by atomic mass is 9.94. The van der Waals surface area contributed by atoms with E-state index in [1.54, 1.807) is 6.20 Å². The van der Waals surface area contributed by atoms with Gasteiger partial charge in [-0.3, -0.25) is 9.78 Å². The van der Waals surface area contributed by atoms with Gasteiger partial charge >= 0.3 is 0 Å². The highest BCUT2D eigenvalue weighted by molar-refractivity contribution is 5.94. The van der Waals surface area contributed by atoms with Crippen molar-refractivity contribution < 1.29 is 4.79 Å². The first-order valence-electron chi connectivity index (χ1n) is 8.39. The number of carbonyl (C=O) groups excluding carboxylic acids is 1. The fourth-order valence-electron chi connectivity index (χ4n) is 2.96. The Balaban J connectivity index is 2.00. The van der Waals surface area contributed by atoms with Gasteiger partial charge < -0.3 is 5.32 Å². The van der Waals surface area contributed by atoms with Crippen LogP contribution in [0.15, 0.2) is 67.0 Å². The molecule has 0 radical (unpaired) electrons. The molecule has 1 aromatic heterocycles. The van der Waals surface area contributed by atoms with Crippen LogP contribution in [0.5, 0.6) is 0 Å². The second-order valence-corrected chi connectivity index (χ2v) is 6.42. The molecule has 2 aromatic carbocycles. The highest BCUT2D eigenvalue weighted by Crippen LogP contribution is 2.26. The van der Waals surface area contributed by atoms with Crippen molar-refractivity contribution >= 4 is 5.91 Å². The van der Waals surface area contributed by atoms with Crippen molar-refractivity contribution in [3.8, 4) is 0 Å². The predicted octanol–water partition coefficient (Wildman–Crippen LogP) is 4.53. The van der Waals surface area contributed by atoms with Gasteiger partial charge in [0.05, 0.1) is 6.04 Å². The minimum Gasteiger partial charge on any atom is -0.341 e. The highest BCUT2D eigenvalue weighted by Gasteiger charge is 2.20. The first kappa shape index (κ1) is 16.9. The van der Waals surface area contributed by atoms with E-state index >= 15 is 0 Å². The van der Waals surface area contributed by atoms with Gasteiger partial charge in [-0.25, -0.2) is 0 Å². The van der Waals surface area contributed by atoms with E-state index in [0.717, 1.165) is 22.3 Å². The second kappa shape index (κ2) is 7.31. The van der Waals surface area contributed by atoms with Crippen molar-refractivity contribution in [3.05, 3.63) is 100 Å². The highest BCUT2D eigenvalue weighted by atomic mass is 16.1. The summed E-state index contributed by atoms with van der Waals surface area (Å²) in [5, 5.41) is 3.18. The quantitative estimate of drug-likeness (QED) is 0.764. The number of carbonyl (C=O) groups is 1. The molecule has 0 fully saturated rings. The Kier molecular flexibility index (Phi) is 4.94. The molecule has 1 atom stereocenters. The van der Waals surface area contributed by atoms with Crippen LogP contribution >= 0.6 is 0 Å². The molecule has 3 heteroatoms. The summed E-state index contributed by atoms with van der Waals surface area (Å²) in [5.74, 6) is -0.0848. The summed E-state index contributed by atoms with van der Waals surface area (Å²) >= 11 is 0. The van der Waals surface area contributed by atoms with E-state index in [1.165, 1.54) is 5.56 Å². The van der Waals surface area contributed by atoms with E-state index in [-0.39, 0.29) is 11.9 Å². The first-order chi connectivity index (χ1) is 12.0. The number of hydrogen-bond donors (Lipinski definition) is 1. The summed E-state index contributed by atoms with van der Waals surface area (Å²) in [6.45, 7) is 6.11. The molecule has 0 aliphatic carbocycles. The third-order valence-corrected chi connectivity index (χ3v) is 4.32. The van der Waals surface area contributed by atoms with Gasteiger partial charge in [-0.15, -0.1) is 0 Å². The lowest BCUT2D eigenvalue weighted by molar-refractivity contribution is 0.0943. The van der Waals surface area contributed by atoms with E-state index < -0.39 is 0 Å². The minimum absolute atomic E-state index is 0.0848. The molecule has 1 amide bonds. The lowest BCUT2D eigenvalue weighted by Gasteiger charge is -2.22. The molecule has 0 spiro atoms. The second-order valence-electron chi connectivity index (χ2n) is 6.42. The van der Waals surface area contributed by atoms with Crippen LogP contribution in [0.3, 0.4) is 0 Å². The fourth-order valence-corrected chi connectivity index (χ4v) is 2.96. The van der Waals surface area contributed by atoms with E-state index in [2.05, 4.69) is 42.3 Å². The molecule has 0 aliphatic heterocycles. The maximum Gasteiger partial charge on any atom is 0.252 e. The maximum absolute atomic E-state index is 12.8. The van der Waals surface area contributed by atoms with Crippen molar-refractivity contribution in [1.29, 1.82) is 0 Å². The fraction of sp³-hybridized carbons (Fsp3) is 0.182. The molecule has 0 bridgehead atoms. The smallest absolute Gasteiger partial charge is 0.252 e. The van der Waals surface area contributed by atoms with Gasteiger partial charge in [0.1, 0.15) is 0 Å². The average Bonchev–Trinajstić information content (AvgIpc) is 2.62. The number of amides is 1. The third kappa shape index (κ3) is 3.94. The third-order valence-electron chi connectivity index (χ3n) is 4.32. The van der Waals surface area contributed by atoms with Crippen LogP contribution in [0.25, 0.3) is 0 Å². The number of benzene rings is 2. The number of rotatable bonds is 4. The van der Waals surface area contributed by atoms with Gasteiger partial charge in [-0.2, -0.15) is 0 Å². The predicted molar refractivity (Wildman–Crippen MR) is 101 cm³/mol. The summed E-state index contributed by atoms with van der Waals surface area (Å²) in [6.07, 6.45) is 3.55. The Morgan fingerprint density at radius 2 is 1.76 bits per heavy atom. The molecule has 3 aromatic rings. The molecule has 0 saturated carbocycles. The van der Waals surface area contributed by atoms with Crippen molar-refractivity contribution in [1.82, 2.24) is 10.3 Å². The van der Waals surface area contributed by atoms with Gasteiger partial charge in [-0.05, 0) is 55.7 Å². The SMILES string of the molecule is Cc1cccc(C(=O)NC(c2cccnc2)c2cc(C)ccc2C)c1. The largest absolute Gasteiger partial charge is 0.341 e. The Bertz CT molecular complexity index is 888. The number of pyridine rings is 1. The Morgan fingerprint density at radius 3 is 2.48 bits per heavy atom. The summed E-state index contributed by atoms with van der Waals surface area (Å²) < 4.78 is 0. The summed E-state index contributed by atoms with van der Waals surface area (Å²) in [7, 11) is 0. The molecule has 3 nitrogen and oxygen atoms in total. The molecule has 0 saturated heterocycles. The van der Waals surface area contributed by atoms with Crippen LogP contribution in [0.1, 0.15) is 44.2 Å². The van der Waals surface area contributed by atoms with Crippen molar-refractivity contribution in [3.63, 3.8) is 0 Å². The van der Waals surface area contributed by atoms with Crippen LogP contribution in [0, 0.1) is 20.8 Å². The number of nitrogens with zero attached hydrogens (tertiary/aromatic N) is 1. The number of aryl methyl sites for hydroxylation is 3. The summed E-state index contributed by atoms with van der Waals surface area (Å²) in [4.78, 5) is 17.0. The molecular weight excluding hydrogens is 308 g/mol. The zero-order valence-corrected chi connectivity index (χ0v) is 14.8. The maximum atomic E-state index is 12.8. The number of nitrogens with one attached hydrogen (secondary N) is 1. The van der Waals surface area contributed by atoms with Crippen LogP contribution in [-0.4, -0.2) is 10.9 Å². The molecule has 0 aliphatic rings. The van der Waals surface area contributed by atoms with Gasteiger partial charge in [0.15, 0.2) is 0 Å². The van der Waals surface area contributed by atoms with Crippen molar-refractivity contribution in [2.24, 2.45) is 0 Å². The zero-order chi connectivity index (χ0) is 17.8. The Hall–Kier alpha value is -2.94. The normalized spacial score (nSPS) is 11.8.